The SMILES string of the molecule is Oc1cccc2cnc(-c3cccc(Cl)c3)n12. The van der Waals surface area contributed by atoms with Gasteiger partial charge in [-0.1, -0.05) is 29.8 Å². The van der Waals surface area contributed by atoms with Crippen molar-refractivity contribution in [2.75, 3.05) is 0 Å². The molecule has 3 rings (SSSR count). The summed E-state index contributed by atoms with van der Waals surface area (Å²) in [5.74, 6) is 0.843. The Morgan fingerprint density at radius 3 is 2.76 bits per heavy atom. The zero-order chi connectivity index (χ0) is 11.8. The van der Waals surface area contributed by atoms with E-state index in [9.17, 15) is 5.11 Å². The van der Waals surface area contributed by atoms with Gasteiger partial charge in [0, 0.05) is 10.6 Å². The maximum absolute atomic E-state index is 9.86. The second-order valence-corrected chi connectivity index (χ2v) is 4.17. The molecule has 84 valence electrons. The largest absolute Gasteiger partial charge is 0.494 e. The van der Waals surface area contributed by atoms with E-state index in [1.54, 1.807) is 28.8 Å². The third kappa shape index (κ3) is 1.65. The number of rotatable bonds is 1. The average Bonchev–Trinajstić information content (AvgIpc) is 2.74. The highest BCUT2D eigenvalue weighted by Gasteiger charge is 2.09. The van der Waals surface area contributed by atoms with Crippen LogP contribution in [0.4, 0.5) is 0 Å². The number of nitrogens with zero attached hydrogens (tertiary/aromatic N) is 2. The molecule has 1 aromatic carbocycles. The van der Waals surface area contributed by atoms with Gasteiger partial charge in [0.25, 0.3) is 0 Å². The smallest absolute Gasteiger partial charge is 0.197 e. The highest BCUT2D eigenvalue weighted by Crippen LogP contribution is 2.25. The molecular weight excluding hydrogens is 236 g/mol. The third-order valence-corrected chi connectivity index (χ3v) is 2.85. The van der Waals surface area contributed by atoms with E-state index in [0.717, 1.165) is 11.1 Å². The Morgan fingerprint density at radius 1 is 1.12 bits per heavy atom. The number of hydrogen-bond acceptors (Lipinski definition) is 2. The molecule has 0 aliphatic rings. The van der Waals surface area contributed by atoms with E-state index in [-0.39, 0.29) is 5.88 Å². The first kappa shape index (κ1) is 10.2. The molecule has 0 atom stereocenters. The Hall–Kier alpha value is -2.00. The van der Waals surface area contributed by atoms with Gasteiger partial charge in [0.15, 0.2) is 5.88 Å². The zero-order valence-electron chi connectivity index (χ0n) is 8.84. The number of pyridine rings is 1. The van der Waals surface area contributed by atoms with Crippen molar-refractivity contribution in [2.45, 2.75) is 0 Å². The van der Waals surface area contributed by atoms with Gasteiger partial charge in [-0.05, 0) is 24.3 Å². The molecule has 3 nitrogen and oxygen atoms in total. The normalized spacial score (nSPS) is 10.9. The van der Waals surface area contributed by atoms with Crippen molar-refractivity contribution in [3.63, 3.8) is 0 Å². The van der Waals surface area contributed by atoms with Crippen molar-refractivity contribution >= 4 is 17.1 Å². The van der Waals surface area contributed by atoms with Crippen LogP contribution in [0.1, 0.15) is 0 Å². The van der Waals surface area contributed by atoms with E-state index >= 15 is 0 Å². The summed E-state index contributed by atoms with van der Waals surface area (Å²) >= 11 is 5.95. The van der Waals surface area contributed by atoms with Gasteiger partial charge < -0.3 is 5.11 Å². The molecule has 17 heavy (non-hydrogen) atoms. The molecule has 0 amide bonds. The molecule has 0 fully saturated rings. The highest BCUT2D eigenvalue weighted by atomic mass is 35.5. The van der Waals surface area contributed by atoms with Crippen LogP contribution >= 0.6 is 11.6 Å². The monoisotopic (exact) mass is 244 g/mol. The van der Waals surface area contributed by atoms with E-state index in [4.69, 9.17) is 11.6 Å². The maximum atomic E-state index is 9.86. The number of benzene rings is 1. The minimum atomic E-state index is 0.162. The minimum absolute atomic E-state index is 0.162. The predicted octanol–water partition coefficient (Wildman–Crippen LogP) is 3.36. The molecule has 4 heteroatoms. The van der Waals surface area contributed by atoms with Gasteiger partial charge in [0.2, 0.25) is 0 Å². The Balaban J connectivity index is 2.31. The van der Waals surface area contributed by atoms with Crippen molar-refractivity contribution in [3.05, 3.63) is 53.7 Å². The molecular formula is C13H9ClN2O. The van der Waals surface area contributed by atoms with Crippen LogP contribution in [0.2, 0.25) is 5.02 Å². The van der Waals surface area contributed by atoms with E-state index in [1.165, 1.54) is 0 Å². The molecule has 0 radical (unpaired) electrons. The fraction of sp³-hybridized carbons (Fsp3) is 0. The standard InChI is InChI=1S/C13H9ClN2O/c14-10-4-1-3-9(7-10)13-15-8-11-5-2-6-12(17)16(11)13/h1-8,17H. The molecule has 0 aliphatic heterocycles. The van der Waals surface area contributed by atoms with Crippen molar-refractivity contribution in [1.82, 2.24) is 9.38 Å². The maximum Gasteiger partial charge on any atom is 0.197 e. The summed E-state index contributed by atoms with van der Waals surface area (Å²) in [6.45, 7) is 0. The Kier molecular flexibility index (Phi) is 2.27. The van der Waals surface area contributed by atoms with E-state index in [2.05, 4.69) is 4.98 Å². The molecule has 1 N–H and O–H groups in total. The Morgan fingerprint density at radius 2 is 1.94 bits per heavy atom. The lowest BCUT2D eigenvalue weighted by molar-refractivity contribution is 0.447. The van der Waals surface area contributed by atoms with E-state index in [0.29, 0.717) is 10.8 Å². The van der Waals surface area contributed by atoms with Crippen LogP contribution in [0.15, 0.2) is 48.7 Å². The van der Waals surface area contributed by atoms with Crippen molar-refractivity contribution in [2.24, 2.45) is 0 Å². The first-order chi connectivity index (χ1) is 8.25. The molecule has 0 saturated carbocycles. The molecule has 0 unspecified atom stereocenters. The molecule has 2 aromatic heterocycles. The van der Waals surface area contributed by atoms with Crippen molar-refractivity contribution in [3.8, 4) is 17.3 Å². The number of halogens is 1. The average molecular weight is 245 g/mol. The first-order valence-electron chi connectivity index (χ1n) is 5.17. The van der Waals surface area contributed by atoms with Crippen LogP contribution in [0.3, 0.4) is 0 Å². The topological polar surface area (TPSA) is 37.5 Å². The molecule has 0 bridgehead atoms. The molecule has 0 saturated heterocycles. The van der Waals surface area contributed by atoms with Gasteiger partial charge in [0.1, 0.15) is 5.82 Å². The summed E-state index contributed by atoms with van der Waals surface area (Å²) < 4.78 is 1.69. The zero-order valence-corrected chi connectivity index (χ0v) is 9.59. The van der Waals surface area contributed by atoms with Crippen LogP contribution in [0.5, 0.6) is 5.88 Å². The Bertz CT molecular complexity index is 691. The summed E-state index contributed by atoms with van der Waals surface area (Å²) in [4.78, 5) is 4.31. The summed E-state index contributed by atoms with van der Waals surface area (Å²) in [5.41, 5.74) is 1.72. The minimum Gasteiger partial charge on any atom is -0.494 e. The second kappa shape index (κ2) is 3.79. The van der Waals surface area contributed by atoms with Crippen LogP contribution in [-0.2, 0) is 0 Å². The van der Waals surface area contributed by atoms with Gasteiger partial charge in [0.05, 0.1) is 11.7 Å². The fourth-order valence-electron chi connectivity index (χ4n) is 1.86. The van der Waals surface area contributed by atoms with Crippen LogP contribution in [-0.4, -0.2) is 14.5 Å². The van der Waals surface area contributed by atoms with E-state index < -0.39 is 0 Å². The van der Waals surface area contributed by atoms with Gasteiger partial charge in [-0.3, -0.25) is 4.40 Å². The Labute approximate surface area is 103 Å². The molecule has 2 heterocycles. The van der Waals surface area contributed by atoms with Gasteiger partial charge in [-0.25, -0.2) is 4.98 Å². The van der Waals surface area contributed by atoms with Crippen LogP contribution in [0.25, 0.3) is 16.9 Å². The summed E-state index contributed by atoms with van der Waals surface area (Å²) in [6.07, 6.45) is 1.72. The van der Waals surface area contributed by atoms with Gasteiger partial charge in [-0.2, -0.15) is 0 Å². The van der Waals surface area contributed by atoms with Crippen molar-refractivity contribution < 1.29 is 5.11 Å². The number of aromatic nitrogens is 2. The number of fused-ring (bicyclic) bond motifs is 1. The number of aromatic hydroxyl groups is 1. The predicted molar refractivity (Wildman–Crippen MR) is 67.3 cm³/mol. The molecule has 0 aliphatic carbocycles. The highest BCUT2D eigenvalue weighted by molar-refractivity contribution is 6.30. The molecule has 3 aromatic rings. The van der Waals surface area contributed by atoms with Gasteiger partial charge in [-0.15, -0.1) is 0 Å². The lowest BCUT2D eigenvalue weighted by Gasteiger charge is -2.04. The summed E-state index contributed by atoms with van der Waals surface area (Å²) in [5, 5.41) is 10.5. The third-order valence-electron chi connectivity index (χ3n) is 2.61. The van der Waals surface area contributed by atoms with Crippen LogP contribution in [0, 0.1) is 0 Å². The van der Waals surface area contributed by atoms with Gasteiger partial charge >= 0.3 is 0 Å². The lowest BCUT2D eigenvalue weighted by atomic mass is 10.2. The molecule has 0 spiro atoms. The number of hydrogen-bond donors (Lipinski definition) is 1. The first-order valence-corrected chi connectivity index (χ1v) is 5.55. The van der Waals surface area contributed by atoms with Crippen LogP contribution < -0.4 is 0 Å². The fourth-order valence-corrected chi connectivity index (χ4v) is 2.05. The quantitative estimate of drug-likeness (QED) is 0.713. The summed E-state index contributed by atoms with van der Waals surface area (Å²) in [6, 6.07) is 12.7. The summed E-state index contributed by atoms with van der Waals surface area (Å²) in [7, 11) is 0. The number of imidazole rings is 1. The second-order valence-electron chi connectivity index (χ2n) is 3.74. The lowest BCUT2D eigenvalue weighted by Crippen LogP contribution is -1.90. The van der Waals surface area contributed by atoms with Crippen molar-refractivity contribution in [1.29, 1.82) is 0 Å². The van der Waals surface area contributed by atoms with E-state index in [1.807, 2.05) is 24.3 Å².